The number of hydrogen-bond acceptors (Lipinski definition) is 4. The van der Waals surface area contributed by atoms with Crippen molar-refractivity contribution < 1.29 is 14.4 Å². The van der Waals surface area contributed by atoms with Crippen LogP contribution >= 0.6 is 0 Å². The van der Waals surface area contributed by atoms with Crippen molar-refractivity contribution in [3.63, 3.8) is 0 Å². The lowest BCUT2D eigenvalue weighted by Crippen LogP contribution is -2.50. The number of piperidine rings is 1. The van der Waals surface area contributed by atoms with Crippen LogP contribution in [0.25, 0.3) is 0 Å². The average molecular weight is 440 g/mol. The molecule has 0 aromatic carbocycles. The maximum Gasteiger partial charge on any atom is 0.321 e. The molecule has 3 aliphatic heterocycles. The van der Waals surface area contributed by atoms with Gasteiger partial charge in [-0.3, -0.25) is 14.6 Å². The summed E-state index contributed by atoms with van der Waals surface area (Å²) in [6.07, 6.45) is 9.15. The molecule has 0 bridgehead atoms. The molecule has 2 atom stereocenters. The molecule has 0 radical (unpaired) electrons. The minimum Gasteiger partial charge on any atom is -0.342 e. The molecule has 32 heavy (non-hydrogen) atoms. The van der Waals surface area contributed by atoms with Gasteiger partial charge in [-0.1, -0.05) is 0 Å². The fourth-order valence-electron chi connectivity index (χ4n) is 6.78. The topological polar surface area (TPSA) is 85.9 Å². The second kappa shape index (κ2) is 8.05. The lowest BCUT2D eigenvalue weighted by atomic mass is 9.65. The first-order chi connectivity index (χ1) is 15.4. The summed E-state index contributed by atoms with van der Waals surface area (Å²) >= 11 is 0. The fourth-order valence-corrected chi connectivity index (χ4v) is 6.78. The third-order valence-corrected chi connectivity index (χ3v) is 8.59. The summed E-state index contributed by atoms with van der Waals surface area (Å²) in [5.41, 5.74) is 0.346. The molecule has 8 nitrogen and oxygen atoms in total. The zero-order valence-corrected chi connectivity index (χ0v) is 18.9. The number of carbonyl (C=O) groups excluding carboxylic acids is 3. The van der Waals surface area contributed by atoms with E-state index in [2.05, 4.69) is 10.3 Å². The monoisotopic (exact) mass is 439 g/mol. The van der Waals surface area contributed by atoms with Crippen molar-refractivity contribution in [2.75, 3.05) is 44.6 Å². The third kappa shape index (κ3) is 3.44. The largest absolute Gasteiger partial charge is 0.342 e. The van der Waals surface area contributed by atoms with Crippen LogP contribution in [-0.2, 0) is 9.59 Å². The van der Waals surface area contributed by atoms with Gasteiger partial charge in [0, 0.05) is 64.3 Å². The molecule has 1 aromatic heterocycles. The van der Waals surface area contributed by atoms with Crippen molar-refractivity contribution in [3.05, 3.63) is 24.5 Å². The van der Waals surface area contributed by atoms with Crippen LogP contribution in [0.4, 0.5) is 10.5 Å². The SMILES string of the molecule is CC(=O)N1C[C@H]2C3(CCN(C(=O)Nc4ccncc4)CC3)CC[C@@]2(C(=O)N2CCCC2)C1. The summed E-state index contributed by atoms with van der Waals surface area (Å²) in [6.45, 7) is 5.93. The molecule has 4 aliphatic rings. The molecule has 1 aliphatic carbocycles. The first kappa shape index (κ1) is 21.2. The van der Waals surface area contributed by atoms with Crippen LogP contribution in [-0.4, -0.2) is 76.8 Å². The van der Waals surface area contributed by atoms with Crippen molar-refractivity contribution in [2.24, 2.45) is 16.7 Å². The Kier molecular flexibility index (Phi) is 5.34. The first-order valence-corrected chi connectivity index (χ1v) is 11.9. The number of fused-ring (bicyclic) bond motifs is 2. The van der Waals surface area contributed by atoms with E-state index in [9.17, 15) is 14.4 Å². The Morgan fingerprint density at radius 3 is 2.28 bits per heavy atom. The maximum absolute atomic E-state index is 13.7. The first-order valence-electron chi connectivity index (χ1n) is 11.9. The smallest absolute Gasteiger partial charge is 0.321 e. The van der Waals surface area contributed by atoms with E-state index in [-0.39, 0.29) is 29.2 Å². The van der Waals surface area contributed by atoms with Gasteiger partial charge in [0.1, 0.15) is 0 Å². The summed E-state index contributed by atoms with van der Waals surface area (Å²) < 4.78 is 0. The number of aromatic nitrogens is 1. The van der Waals surface area contributed by atoms with E-state index in [0.717, 1.165) is 57.3 Å². The van der Waals surface area contributed by atoms with Crippen LogP contribution in [0.15, 0.2) is 24.5 Å². The van der Waals surface area contributed by atoms with E-state index in [4.69, 9.17) is 0 Å². The quantitative estimate of drug-likeness (QED) is 0.768. The van der Waals surface area contributed by atoms with Crippen molar-refractivity contribution in [1.29, 1.82) is 0 Å². The Morgan fingerprint density at radius 1 is 0.938 bits per heavy atom. The van der Waals surface area contributed by atoms with Crippen LogP contribution in [0, 0.1) is 16.7 Å². The van der Waals surface area contributed by atoms with E-state index in [0.29, 0.717) is 26.2 Å². The van der Waals surface area contributed by atoms with Gasteiger partial charge >= 0.3 is 6.03 Å². The van der Waals surface area contributed by atoms with Gasteiger partial charge in [-0.25, -0.2) is 4.79 Å². The lowest BCUT2D eigenvalue weighted by molar-refractivity contribution is -0.143. The van der Waals surface area contributed by atoms with Crippen molar-refractivity contribution in [2.45, 2.75) is 45.4 Å². The predicted molar refractivity (Wildman–Crippen MR) is 120 cm³/mol. The number of pyridine rings is 1. The molecular formula is C24H33N5O3. The number of rotatable bonds is 2. The van der Waals surface area contributed by atoms with Crippen LogP contribution in [0.2, 0.25) is 0 Å². The second-order valence-electron chi connectivity index (χ2n) is 10.1. The van der Waals surface area contributed by atoms with Crippen LogP contribution in [0.5, 0.6) is 0 Å². The highest BCUT2D eigenvalue weighted by molar-refractivity contribution is 5.89. The molecule has 172 valence electrons. The Morgan fingerprint density at radius 2 is 1.62 bits per heavy atom. The van der Waals surface area contributed by atoms with E-state index in [1.165, 1.54) is 0 Å². The number of nitrogens with one attached hydrogen (secondary N) is 1. The minimum atomic E-state index is -0.433. The molecule has 1 N–H and O–H groups in total. The highest BCUT2D eigenvalue weighted by Gasteiger charge is 2.65. The number of nitrogens with zero attached hydrogens (tertiary/aromatic N) is 4. The summed E-state index contributed by atoms with van der Waals surface area (Å²) in [6, 6.07) is 3.49. The van der Waals surface area contributed by atoms with Gasteiger partial charge in [0.2, 0.25) is 11.8 Å². The number of amides is 4. The summed E-state index contributed by atoms with van der Waals surface area (Å²) in [5, 5.41) is 2.96. The van der Waals surface area contributed by atoms with Gasteiger partial charge in [-0.2, -0.15) is 0 Å². The molecule has 3 saturated heterocycles. The molecule has 4 fully saturated rings. The van der Waals surface area contributed by atoms with E-state index in [1.807, 2.05) is 14.7 Å². The van der Waals surface area contributed by atoms with E-state index >= 15 is 0 Å². The number of urea groups is 1. The zero-order valence-electron chi connectivity index (χ0n) is 18.9. The normalized spacial score (nSPS) is 28.8. The molecular weight excluding hydrogens is 406 g/mol. The van der Waals surface area contributed by atoms with Gasteiger partial charge in [0.05, 0.1) is 5.41 Å². The van der Waals surface area contributed by atoms with Crippen LogP contribution in [0.1, 0.15) is 45.4 Å². The Balaban J connectivity index is 1.31. The third-order valence-electron chi connectivity index (χ3n) is 8.59. The number of hydrogen-bond donors (Lipinski definition) is 1. The molecule has 1 aromatic rings. The fraction of sp³-hybridized carbons (Fsp3) is 0.667. The van der Waals surface area contributed by atoms with E-state index < -0.39 is 5.41 Å². The van der Waals surface area contributed by atoms with Crippen molar-refractivity contribution in [3.8, 4) is 0 Å². The Hall–Kier alpha value is -2.64. The van der Waals surface area contributed by atoms with Crippen LogP contribution < -0.4 is 5.32 Å². The van der Waals surface area contributed by atoms with Gasteiger partial charge < -0.3 is 20.0 Å². The lowest BCUT2D eigenvalue weighted by Gasteiger charge is -2.44. The van der Waals surface area contributed by atoms with E-state index in [1.54, 1.807) is 31.5 Å². The highest BCUT2D eigenvalue weighted by atomic mass is 16.2. The zero-order chi connectivity index (χ0) is 22.3. The van der Waals surface area contributed by atoms with Gasteiger partial charge in [-0.15, -0.1) is 0 Å². The summed E-state index contributed by atoms with van der Waals surface area (Å²) in [5.74, 6) is 0.535. The summed E-state index contributed by atoms with van der Waals surface area (Å²) in [4.78, 5) is 48.6. The standard InChI is InChI=1S/C24H33N5O3/c1-18(30)29-16-20-23(6-7-24(20,17-29)21(31)27-12-2-3-13-27)8-14-28(15-9-23)22(32)26-19-4-10-25-11-5-19/h4-5,10-11,20H,2-3,6-9,12-17H2,1H3,(H,25,26,32)/t20-,24+/m0/s1. The second-order valence-corrected chi connectivity index (χ2v) is 10.1. The van der Waals surface area contributed by atoms with Gasteiger partial charge in [0.25, 0.3) is 0 Å². The van der Waals surface area contributed by atoms with Crippen LogP contribution in [0.3, 0.4) is 0 Å². The molecule has 0 unspecified atom stereocenters. The predicted octanol–water partition coefficient (Wildman–Crippen LogP) is 2.58. The molecule has 1 saturated carbocycles. The maximum atomic E-state index is 13.7. The Labute approximate surface area is 189 Å². The van der Waals surface area contributed by atoms with Crippen molar-refractivity contribution >= 4 is 23.5 Å². The molecule has 4 amide bonds. The van der Waals surface area contributed by atoms with Crippen molar-refractivity contribution in [1.82, 2.24) is 19.7 Å². The number of carbonyl (C=O) groups is 3. The number of likely N-dealkylation sites (tertiary alicyclic amines) is 3. The molecule has 8 heteroatoms. The van der Waals surface area contributed by atoms with Gasteiger partial charge in [0.15, 0.2) is 0 Å². The molecule has 5 rings (SSSR count). The molecule has 4 heterocycles. The Bertz CT molecular complexity index is 892. The number of anilines is 1. The molecule has 1 spiro atoms. The van der Waals surface area contributed by atoms with Gasteiger partial charge in [-0.05, 0) is 62.0 Å². The minimum absolute atomic E-state index is 0.0348. The average Bonchev–Trinajstić information content (AvgIpc) is 3.52. The highest BCUT2D eigenvalue weighted by Crippen LogP contribution is 2.62. The summed E-state index contributed by atoms with van der Waals surface area (Å²) in [7, 11) is 0.